The lowest BCUT2D eigenvalue weighted by Gasteiger charge is -2.06. The number of nitrogens with two attached hydrogens (primary N) is 1. The van der Waals surface area contributed by atoms with E-state index < -0.39 is 0 Å². The van der Waals surface area contributed by atoms with E-state index in [2.05, 4.69) is 17.9 Å². The molecule has 0 aliphatic rings. The predicted octanol–water partition coefficient (Wildman–Crippen LogP) is 2.45. The summed E-state index contributed by atoms with van der Waals surface area (Å²) in [6.07, 6.45) is 0. The van der Waals surface area contributed by atoms with Crippen molar-refractivity contribution in [2.24, 2.45) is 5.73 Å². The molecule has 20 heavy (non-hydrogen) atoms. The monoisotopic (exact) mass is 262 g/mol. The van der Waals surface area contributed by atoms with Crippen molar-refractivity contribution < 1.29 is 4.74 Å². The number of nitrogens with zero attached hydrogens (tertiary/aromatic N) is 1. The van der Waals surface area contributed by atoms with Gasteiger partial charge < -0.3 is 10.5 Å². The SMILES string of the molecule is N#Cc1ccc(OCc2ccc(C#CCN)cc2)cc1. The third-order valence-electron chi connectivity index (χ3n) is 2.68. The lowest BCUT2D eigenvalue weighted by molar-refractivity contribution is 0.306. The van der Waals surface area contributed by atoms with E-state index >= 15 is 0 Å². The van der Waals surface area contributed by atoms with Gasteiger partial charge in [-0.15, -0.1) is 0 Å². The van der Waals surface area contributed by atoms with Crippen LogP contribution in [0.25, 0.3) is 0 Å². The first-order valence-corrected chi connectivity index (χ1v) is 6.22. The van der Waals surface area contributed by atoms with Gasteiger partial charge in [0.05, 0.1) is 18.2 Å². The van der Waals surface area contributed by atoms with E-state index in [1.165, 1.54) is 0 Å². The van der Waals surface area contributed by atoms with Gasteiger partial charge >= 0.3 is 0 Å². The zero-order valence-electron chi connectivity index (χ0n) is 11.0. The van der Waals surface area contributed by atoms with E-state index in [-0.39, 0.29) is 0 Å². The quantitative estimate of drug-likeness (QED) is 0.864. The Labute approximate surface area is 118 Å². The second kappa shape index (κ2) is 6.99. The molecule has 0 fully saturated rings. The summed E-state index contributed by atoms with van der Waals surface area (Å²) in [4.78, 5) is 0. The number of hydrogen-bond acceptors (Lipinski definition) is 3. The first kappa shape index (κ1) is 13.7. The van der Waals surface area contributed by atoms with Gasteiger partial charge in [-0.1, -0.05) is 24.0 Å². The summed E-state index contributed by atoms with van der Waals surface area (Å²) >= 11 is 0. The Morgan fingerprint density at radius 2 is 1.60 bits per heavy atom. The van der Waals surface area contributed by atoms with E-state index in [1.807, 2.05) is 24.3 Å². The second-order valence-corrected chi connectivity index (χ2v) is 4.13. The van der Waals surface area contributed by atoms with E-state index in [9.17, 15) is 0 Å². The van der Waals surface area contributed by atoms with Gasteiger partial charge in [0.1, 0.15) is 12.4 Å². The van der Waals surface area contributed by atoms with Crippen LogP contribution in [0.5, 0.6) is 5.75 Å². The van der Waals surface area contributed by atoms with Crippen molar-refractivity contribution in [1.82, 2.24) is 0 Å². The predicted molar refractivity (Wildman–Crippen MR) is 77.9 cm³/mol. The molecule has 3 heteroatoms. The highest BCUT2D eigenvalue weighted by atomic mass is 16.5. The molecule has 0 heterocycles. The zero-order valence-corrected chi connectivity index (χ0v) is 11.0. The number of ether oxygens (including phenoxy) is 1. The van der Waals surface area contributed by atoms with Crippen molar-refractivity contribution in [2.75, 3.05) is 6.54 Å². The molecule has 0 aromatic heterocycles. The van der Waals surface area contributed by atoms with Crippen LogP contribution < -0.4 is 10.5 Å². The highest BCUT2D eigenvalue weighted by Crippen LogP contribution is 2.14. The summed E-state index contributed by atoms with van der Waals surface area (Å²) < 4.78 is 5.65. The zero-order chi connectivity index (χ0) is 14.2. The fourth-order valence-electron chi connectivity index (χ4n) is 1.63. The second-order valence-electron chi connectivity index (χ2n) is 4.13. The molecule has 98 valence electrons. The van der Waals surface area contributed by atoms with E-state index in [0.29, 0.717) is 18.7 Å². The Hall–Kier alpha value is -2.75. The Morgan fingerprint density at radius 3 is 2.20 bits per heavy atom. The number of hydrogen-bond donors (Lipinski definition) is 1. The van der Waals surface area contributed by atoms with Crippen LogP contribution in [-0.2, 0) is 6.61 Å². The minimum Gasteiger partial charge on any atom is -0.489 e. The average Bonchev–Trinajstić information content (AvgIpc) is 2.52. The Bertz CT molecular complexity index is 655. The van der Waals surface area contributed by atoms with Gasteiger partial charge in [0.25, 0.3) is 0 Å². The molecule has 3 nitrogen and oxygen atoms in total. The topological polar surface area (TPSA) is 59.0 Å². The van der Waals surface area contributed by atoms with Crippen LogP contribution in [0.4, 0.5) is 0 Å². The van der Waals surface area contributed by atoms with Gasteiger partial charge in [-0.25, -0.2) is 0 Å². The van der Waals surface area contributed by atoms with Gasteiger partial charge in [0, 0.05) is 5.56 Å². The smallest absolute Gasteiger partial charge is 0.119 e. The molecule has 0 bridgehead atoms. The number of rotatable bonds is 3. The molecule has 0 saturated carbocycles. The van der Waals surface area contributed by atoms with E-state index in [4.69, 9.17) is 15.7 Å². The summed E-state index contributed by atoms with van der Waals surface area (Å²) in [6.45, 7) is 0.847. The van der Waals surface area contributed by atoms with E-state index in [0.717, 1.165) is 16.9 Å². The van der Waals surface area contributed by atoms with Crippen molar-refractivity contribution in [2.45, 2.75) is 6.61 Å². The maximum Gasteiger partial charge on any atom is 0.119 e. The minimum absolute atomic E-state index is 0.365. The van der Waals surface area contributed by atoms with E-state index in [1.54, 1.807) is 24.3 Å². The summed E-state index contributed by atoms with van der Waals surface area (Å²) in [5, 5.41) is 8.71. The maximum absolute atomic E-state index is 8.71. The molecule has 0 atom stereocenters. The first-order valence-electron chi connectivity index (χ1n) is 6.22. The Kier molecular flexibility index (Phi) is 4.78. The average molecular weight is 262 g/mol. The summed E-state index contributed by atoms with van der Waals surface area (Å²) in [7, 11) is 0. The molecule has 0 spiro atoms. The van der Waals surface area contributed by atoms with Crippen LogP contribution in [0.1, 0.15) is 16.7 Å². The van der Waals surface area contributed by atoms with Gasteiger partial charge in [0.2, 0.25) is 0 Å². The Balaban J connectivity index is 1.95. The molecular formula is C17H14N2O. The van der Waals surface area contributed by atoms with Crippen LogP contribution in [0.2, 0.25) is 0 Å². The summed E-state index contributed by atoms with van der Waals surface area (Å²) in [5.41, 5.74) is 7.96. The molecule has 2 N–H and O–H groups in total. The van der Waals surface area contributed by atoms with Crippen molar-refractivity contribution in [1.29, 1.82) is 5.26 Å². The lowest BCUT2D eigenvalue weighted by Crippen LogP contribution is -1.95. The maximum atomic E-state index is 8.71. The third-order valence-corrected chi connectivity index (χ3v) is 2.68. The fraction of sp³-hybridized carbons (Fsp3) is 0.118. The van der Waals surface area contributed by atoms with Gasteiger partial charge in [-0.3, -0.25) is 0 Å². The standard InChI is InChI=1S/C17H14N2O/c18-11-1-2-14-3-5-16(6-4-14)13-20-17-9-7-15(12-19)8-10-17/h3-10H,11,13,18H2. The fourth-order valence-corrected chi connectivity index (χ4v) is 1.63. The molecule has 0 unspecified atom stereocenters. The van der Waals surface area contributed by atoms with Gasteiger partial charge in [0.15, 0.2) is 0 Å². The first-order chi connectivity index (χ1) is 9.81. The Morgan fingerprint density at radius 1 is 0.950 bits per heavy atom. The highest BCUT2D eigenvalue weighted by Gasteiger charge is 1.97. The minimum atomic E-state index is 0.365. The highest BCUT2D eigenvalue weighted by molar-refractivity contribution is 5.37. The molecular weight excluding hydrogens is 248 g/mol. The lowest BCUT2D eigenvalue weighted by atomic mass is 10.1. The molecule has 0 aliphatic carbocycles. The molecule has 2 aromatic rings. The molecule has 2 rings (SSSR count). The van der Waals surface area contributed by atoms with Crippen LogP contribution in [-0.4, -0.2) is 6.54 Å². The molecule has 0 aliphatic heterocycles. The van der Waals surface area contributed by atoms with Crippen molar-refractivity contribution in [3.63, 3.8) is 0 Å². The largest absolute Gasteiger partial charge is 0.489 e. The summed E-state index contributed by atoms with van der Waals surface area (Å²) in [5.74, 6) is 6.53. The molecule has 0 saturated heterocycles. The van der Waals surface area contributed by atoms with Crippen LogP contribution in [0, 0.1) is 23.2 Å². The third kappa shape index (κ3) is 3.88. The van der Waals surface area contributed by atoms with Crippen molar-refractivity contribution >= 4 is 0 Å². The van der Waals surface area contributed by atoms with Crippen molar-refractivity contribution in [3.05, 3.63) is 65.2 Å². The molecule has 0 radical (unpaired) electrons. The normalized spacial score (nSPS) is 9.20. The van der Waals surface area contributed by atoms with Crippen molar-refractivity contribution in [3.8, 4) is 23.7 Å². The van der Waals surface area contributed by atoms with Gasteiger partial charge in [-0.05, 0) is 42.0 Å². The van der Waals surface area contributed by atoms with Crippen LogP contribution >= 0.6 is 0 Å². The number of benzene rings is 2. The summed E-state index contributed by atoms with van der Waals surface area (Å²) in [6, 6.07) is 17.0. The molecule has 0 amide bonds. The van der Waals surface area contributed by atoms with Crippen LogP contribution in [0.3, 0.4) is 0 Å². The number of nitriles is 1. The van der Waals surface area contributed by atoms with Crippen LogP contribution in [0.15, 0.2) is 48.5 Å². The van der Waals surface area contributed by atoms with Gasteiger partial charge in [-0.2, -0.15) is 5.26 Å². The molecule has 2 aromatic carbocycles.